The molecule has 3 nitrogen and oxygen atoms in total. The number of nitrogens with zero attached hydrogens (tertiary/aromatic N) is 2. The average Bonchev–Trinajstić information content (AvgIpc) is 2.57. The van der Waals surface area contributed by atoms with Gasteiger partial charge in [-0.2, -0.15) is 5.10 Å². The molecule has 0 bridgehead atoms. The molecule has 0 atom stereocenters. The zero-order valence-electron chi connectivity index (χ0n) is 10.2. The third-order valence-corrected chi connectivity index (χ3v) is 2.95. The number of aromatic nitrogens is 2. The maximum Gasteiger partial charge on any atom is 0.104 e. The van der Waals surface area contributed by atoms with Crippen LogP contribution in [0.2, 0.25) is 0 Å². The molecule has 0 saturated carbocycles. The Labute approximate surface area is 106 Å². The number of aryl methyl sites for hydroxylation is 3. The Kier molecular flexibility index (Phi) is 2.98. The Morgan fingerprint density at radius 3 is 2.41 bits per heavy atom. The lowest BCUT2D eigenvalue weighted by molar-refractivity contribution is 0.832. The molecule has 4 heteroatoms. The standard InChI is InChI=1S/C13H15N3S/c1-8-6-11(4-5-12(8)13(14)17)16-10(3)7-9(2)15-16/h4-7H,1-3H3,(H2,14,17). The van der Waals surface area contributed by atoms with Gasteiger partial charge in [-0.05, 0) is 50.6 Å². The summed E-state index contributed by atoms with van der Waals surface area (Å²) in [7, 11) is 0. The highest BCUT2D eigenvalue weighted by molar-refractivity contribution is 7.80. The average molecular weight is 245 g/mol. The highest BCUT2D eigenvalue weighted by Gasteiger charge is 2.07. The van der Waals surface area contributed by atoms with Crippen LogP contribution in [0.1, 0.15) is 22.5 Å². The molecular formula is C13H15N3S. The predicted molar refractivity (Wildman–Crippen MR) is 73.7 cm³/mol. The van der Waals surface area contributed by atoms with Gasteiger partial charge < -0.3 is 5.73 Å². The van der Waals surface area contributed by atoms with Crippen LogP contribution in [-0.4, -0.2) is 14.8 Å². The lowest BCUT2D eigenvalue weighted by Crippen LogP contribution is -2.11. The van der Waals surface area contributed by atoms with Gasteiger partial charge in [0.2, 0.25) is 0 Å². The second kappa shape index (κ2) is 4.30. The summed E-state index contributed by atoms with van der Waals surface area (Å²) >= 11 is 4.99. The van der Waals surface area contributed by atoms with Crippen molar-refractivity contribution >= 4 is 17.2 Å². The molecule has 0 aliphatic carbocycles. The maximum absolute atomic E-state index is 5.65. The van der Waals surface area contributed by atoms with Crippen molar-refractivity contribution in [2.24, 2.45) is 5.73 Å². The van der Waals surface area contributed by atoms with Crippen molar-refractivity contribution < 1.29 is 0 Å². The van der Waals surface area contributed by atoms with E-state index in [1.165, 1.54) is 0 Å². The number of nitrogens with two attached hydrogens (primary N) is 1. The van der Waals surface area contributed by atoms with Crippen molar-refractivity contribution in [1.82, 2.24) is 9.78 Å². The Hall–Kier alpha value is -1.68. The van der Waals surface area contributed by atoms with Crippen molar-refractivity contribution in [2.75, 3.05) is 0 Å². The molecule has 88 valence electrons. The van der Waals surface area contributed by atoms with Gasteiger partial charge in [-0.1, -0.05) is 12.2 Å². The Morgan fingerprint density at radius 1 is 1.24 bits per heavy atom. The van der Waals surface area contributed by atoms with Crippen LogP contribution in [0.4, 0.5) is 0 Å². The first-order valence-electron chi connectivity index (χ1n) is 5.43. The molecule has 0 radical (unpaired) electrons. The molecule has 2 aromatic rings. The minimum absolute atomic E-state index is 0.433. The van der Waals surface area contributed by atoms with E-state index in [4.69, 9.17) is 18.0 Å². The smallest absolute Gasteiger partial charge is 0.104 e. The fraction of sp³-hybridized carbons (Fsp3) is 0.231. The first-order valence-corrected chi connectivity index (χ1v) is 5.84. The number of hydrogen-bond donors (Lipinski definition) is 1. The van der Waals surface area contributed by atoms with E-state index >= 15 is 0 Å². The van der Waals surface area contributed by atoms with E-state index < -0.39 is 0 Å². The van der Waals surface area contributed by atoms with E-state index in [9.17, 15) is 0 Å². The molecule has 0 fully saturated rings. The molecule has 1 heterocycles. The van der Waals surface area contributed by atoms with E-state index in [0.29, 0.717) is 4.99 Å². The topological polar surface area (TPSA) is 43.8 Å². The summed E-state index contributed by atoms with van der Waals surface area (Å²) in [6, 6.07) is 8.04. The molecular weight excluding hydrogens is 230 g/mol. The molecule has 0 aliphatic heterocycles. The van der Waals surface area contributed by atoms with Crippen LogP contribution < -0.4 is 5.73 Å². The zero-order valence-corrected chi connectivity index (χ0v) is 11.0. The molecule has 0 unspecified atom stereocenters. The van der Waals surface area contributed by atoms with Gasteiger partial charge >= 0.3 is 0 Å². The summed E-state index contributed by atoms with van der Waals surface area (Å²) < 4.78 is 1.92. The maximum atomic E-state index is 5.65. The van der Waals surface area contributed by atoms with Gasteiger partial charge in [0.25, 0.3) is 0 Å². The highest BCUT2D eigenvalue weighted by Crippen LogP contribution is 2.16. The van der Waals surface area contributed by atoms with Crippen LogP contribution in [0.15, 0.2) is 24.3 Å². The van der Waals surface area contributed by atoms with Crippen LogP contribution >= 0.6 is 12.2 Å². The van der Waals surface area contributed by atoms with Crippen molar-refractivity contribution in [2.45, 2.75) is 20.8 Å². The van der Waals surface area contributed by atoms with Crippen LogP contribution in [0.3, 0.4) is 0 Å². The number of thiocarbonyl (C=S) groups is 1. The van der Waals surface area contributed by atoms with Gasteiger partial charge in [0, 0.05) is 11.3 Å². The number of hydrogen-bond acceptors (Lipinski definition) is 2. The SMILES string of the molecule is Cc1cc(C)n(-c2ccc(C(N)=S)c(C)c2)n1. The summed E-state index contributed by atoms with van der Waals surface area (Å²) in [6.07, 6.45) is 0. The van der Waals surface area contributed by atoms with Crippen molar-refractivity contribution in [3.63, 3.8) is 0 Å². The van der Waals surface area contributed by atoms with E-state index in [2.05, 4.69) is 11.2 Å². The second-order valence-corrected chi connectivity index (χ2v) is 4.64. The third-order valence-electron chi connectivity index (χ3n) is 2.73. The lowest BCUT2D eigenvalue weighted by Gasteiger charge is -2.08. The monoisotopic (exact) mass is 245 g/mol. The summed E-state index contributed by atoms with van der Waals surface area (Å²) in [5, 5.41) is 4.45. The molecule has 0 amide bonds. The normalized spacial score (nSPS) is 10.5. The summed E-state index contributed by atoms with van der Waals surface area (Å²) in [6.45, 7) is 6.03. The van der Waals surface area contributed by atoms with Gasteiger partial charge in [-0.3, -0.25) is 0 Å². The van der Waals surface area contributed by atoms with Crippen LogP contribution in [0.25, 0.3) is 5.69 Å². The second-order valence-electron chi connectivity index (χ2n) is 4.20. The first-order chi connectivity index (χ1) is 7.99. The molecule has 17 heavy (non-hydrogen) atoms. The minimum atomic E-state index is 0.433. The van der Waals surface area contributed by atoms with Crippen LogP contribution in [-0.2, 0) is 0 Å². The van der Waals surface area contributed by atoms with Crippen molar-refractivity contribution in [1.29, 1.82) is 0 Å². The third kappa shape index (κ3) is 2.22. The summed E-state index contributed by atoms with van der Waals surface area (Å²) in [5.74, 6) is 0. The molecule has 0 saturated heterocycles. The molecule has 0 spiro atoms. The predicted octanol–water partition coefficient (Wildman–Crippen LogP) is 2.43. The molecule has 1 aromatic carbocycles. The quantitative estimate of drug-likeness (QED) is 0.826. The molecule has 2 N–H and O–H groups in total. The largest absolute Gasteiger partial charge is 0.389 e. The van der Waals surface area contributed by atoms with E-state index in [0.717, 1.165) is 28.2 Å². The zero-order chi connectivity index (χ0) is 12.6. The fourth-order valence-corrected chi connectivity index (χ4v) is 2.18. The van der Waals surface area contributed by atoms with Crippen LogP contribution in [0, 0.1) is 20.8 Å². The van der Waals surface area contributed by atoms with E-state index in [1.54, 1.807) is 0 Å². The van der Waals surface area contributed by atoms with E-state index in [-0.39, 0.29) is 0 Å². The van der Waals surface area contributed by atoms with Crippen molar-refractivity contribution in [3.05, 3.63) is 46.8 Å². The van der Waals surface area contributed by atoms with Gasteiger partial charge in [-0.15, -0.1) is 0 Å². The number of rotatable bonds is 2. The van der Waals surface area contributed by atoms with E-state index in [1.807, 2.05) is 43.7 Å². The highest BCUT2D eigenvalue weighted by atomic mass is 32.1. The minimum Gasteiger partial charge on any atom is -0.389 e. The fourth-order valence-electron chi connectivity index (χ4n) is 1.95. The first kappa shape index (κ1) is 11.8. The summed E-state index contributed by atoms with van der Waals surface area (Å²) in [4.78, 5) is 0.433. The van der Waals surface area contributed by atoms with Gasteiger partial charge in [0.05, 0.1) is 11.4 Å². The van der Waals surface area contributed by atoms with Crippen molar-refractivity contribution in [3.8, 4) is 5.69 Å². The summed E-state index contributed by atoms with van der Waals surface area (Å²) in [5.41, 5.74) is 10.8. The molecule has 0 aliphatic rings. The number of benzene rings is 1. The lowest BCUT2D eigenvalue weighted by atomic mass is 10.1. The molecule has 2 rings (SSSR count). The molecule has 1 aromatic heterocycles. The van der Waals surface area contributed by atoms with Gasteiger partial charge in [-0.25, -0.2) is 4.68 Å². The Morgan fingerprint density at radius 2 is 1.94 bits per heavy atom. The van der Waals surface area contributed by atoms with Gasteiger partial charge in [0.15, 0.2) is 0 Å². The Balaban J connectivity index is 2.51. The van der Waals surface area contributed by atoms with Gasteiger partial charge in [0.1, 0.15) is 4.99 Å². The van der Waals surface area contributed by atoms with Crippen LogP contribution in [0.5, 0.6) is 0 Å². The Bertz CT molecular complexity index is 584.